The van der Waals surface area contributed by atoms with Gasteiger partial charge in [0, 0.05) is 9.75 Å². The molecule has 84 valence electrons. The van der Waals surface area contributed by atoms with Crippen LogP contribution in [0.2, 0.25) is 0 Å². The van der Waals surface area contributed by atoms with Crippen molar-refractivity contribution in [3.63, 3.8) is 0 Å². The average Bonchev–Trinajstić information content (AvgIpc) is 2.49. The fourth-order valence-corrected chi connectivity index (χ4v) is 4.47. The molecule has 1 atom stereocenters. The van der Waals surface area contributed by atoms with Gasteiger partial charge in [0.15, 0.2) is 0 Å². The first-order valence-electron chi connectivity index (χ1n) is 5.49. The summed E-state index contributed by atoms with van der Waals surface area (Å²) in [6.07, 6.45) is 0. The Morgan fingerprint density at radius 1 is 1.20 bits per heavy atom. The number of aryl methyl sites for hydroxylation is 1. The minimum atomic E-state index is 0.189. The van der Waals surface area contributed by atoms with Crippen LogP contribution >= 0.6 is 22.9 Å². The lowest BCUT2D eigenvalue weighted by Gasteiger charge is -2.08. The van der Waals surface area contributed by atoms with Crippen LogP contribution in [0.15, 0.2) is 12.1 Å². The molecule has 0 N–H and O–H groups in total. The molecule has 1 heterocycles. The third-order valence-corrected chi connectivity index (χ3v) is 6.16. The number of hydrogen-bond donors (Lipinski definition) is 0. The van der Waals surface area contributed by atoms with E-state index >= 15 is 0 Å². The van der Waals surface area contributed by atoms with Crippen LogP contribution in [0.1, 0.15) is 42.8 Å². The average molecular weight is 243 g/mol. The molecule has 2 heteroatoms. The zero-order valence-corrected chi connectivity index (χ0v) is 11.7. The summed E-state index contributed by atoms with van der Waals surface area (Å²) in [5.74, 6) is 0.602. The van der Waals surface area contributed by atoms with Gasteiger partial charge in [-0.25, -0.2) is 0 Å². The minimum Gasteiger partial charge on any atom is -0.144 e. The molecule has 0 aromatic carbocycles. The smallest absolute Gasteiger partial charge is 0.0717 e. The fourth-order valence-electron chi connectivity index (χ4n) is 2.75. The van der Waals surface area contributed by atoms with Crippen LogP contribution < -0.4 is 0 Å². The van der Waals surface area contributed by atoms with Crippen molar-refractivity contribution in [3.8, 4) is 0 Å². The van der Waals surface area contributed by atoms with Gasteiger partial charge in [0.1, 0.15) is 0 Å². The molecule has 1 aromatic heterocycles. The van der Waals surface area contributed by atoms with E-state index in [4.69, 9.17) is 11.6 Å². The molecule has 1 aliphatic rings. The third kappa shape index (κ3) is 1.55. The number of halogens is 1. The van der Waals surface area contributed by atoms with Gasteiger partial charge in [-0.1, -0.05) is 27.7 Å². The van der Waals surface area contributed by atoms with Crippen molar-refractivity contribution in [1.29, 1.82) is 0 Å². The summed E-state index contributed by atoms with van der Waals surface area (Å²) in [6, 6.07) is 4.35. The molecule has 0 bridgehead atoms. The largest absolute Gasteiger partial charge is 0.144 e. The second-order valence-corrected chi connectivity index (χ2v) is 7.56. The van der Waals surface area contributed by atoms with Crippen LogP contribution in [0.25, 0.3) is 0 Å². The van der Waals surface area contributed by atoms with Gasteiger partial charge in [-0.3, -0.25) is 0 Å². The Hall–Kier alpha value is -0.0100. The van der Waals surface area contributed by atoms with E-state index in [0.29, 0.717) is 16.7 Å². The van der Waals surface area contributed by atoms with Gasteiger partial charge >= 0.3 is 0 Å². The van der Waals surface area contributed by atoms with Crippen LogP contribution in [0, 0.1) is 23.7 Å². The lowest BCUT2D eigenvalue weighted by Crippen LogP contribution is -1.96. The molecule has 1 fully saturated rings. The van der Waals surface area contributed by atoms with E-state index in [9.17, 15) is 0 Å². The van der Waals surface area contributed by atoms with Crippen molar-refractivity contribution < 1.29 is 0 Å². The van der Waals surface area contributed by atoms with E-state index in [1.54, 1.807) is 0 Å². The first-order valence-corrected chi connectivity index (χ1v) is 6.74. The third-order valence-electron chi connectivity index (χ3n) is 4.46. The lowest BCUT2D eigenvalue weighted by molar-refractivity contribution is 0.457. The van der Waals surface area contributed by atoms with Crippen molar-refractivity contribution in [3.05, 3.63) is 21.9 Å². The SMILES string of the molecule is Cc1ccc(C(Cl)C2C(C)(C)C2(C)C)s1. The number of alkyl halides is 1. The molecule has 15 heavy (non-hydrogen) atoms. The van der Waals surface area contributed by atoms with Crippen LogP contribution in [-0.2, 0) is 0 Å². The molecule has 0 amide bonds. The van der Waals surface area contributed by atoms with Crippen molar-refractivity contribution in [1.82, 2.24) is 0 Å². The minimum absolute atomic E-state index is 0.189. The molecule has 0 spiro atoms. The highest BCUT2D eigenvalue weighted by Gasteiger charge is 2.67. The predicted octanol–water partition coefficient (Wildman–Crippen LogP) is 5.02. The van der Waals surface area contributed by atoms with Crippen molar-refractivity contribution in [2.24, 2.45) is 16.7 Å². The van der Waals surface area contributed by atoms with Gasteiger partial charge in [-0.05, 0) is 35.8 Å². The molecule has 1 saturated carbocycles. The molecular weight excluding hydrogens is 224 g/mol. The molecule has 0 radical (unpaired) electrons. The van der Waals surface area contributed by atoms with E-state index in [1.807, 2.05) is 11.3 Å². The van der Waals surface area contributed by atoms with Crippen LogP contribution in [0.4, 0.5) is 0 Å². The van der Waals surface area contributed by atoms with Gasteiger partial charge in [0.2, 0.25) is 0 Å². The van der Waals surface area contributed by atoms with Crippen LogP contribution in [0.3, 0.4) is 0 Å². The zero-order chi connectivity index (χ0) is 11.4. The maximum atomic E-state index is 6.60. The van der Waals surface area contributed by atoms with E-state index in [2.05, 4.69) is 46.8 Å². The first-order chi connectivity index (χ1) is 6.78. The Kier molecular flexibility index (Phi) is 2.48. The Labute approximate surface area is 102 Å². The monoisotopic (exact) mass is 242 g/mol. The number of rotatable bonds is 2. The quantitative estimate of drug-likeness (QED) is 0.639. The molecule has 2 rings (SSSR count). The van der Waals surface area contributed by atoms with E-state index in [-0.39, 0.29) is 5.38 Å². The molecule has 1 aromatic rings. The molecule has 0 saturated heterocycles. The topological polar surface area (TPSA) is 0 Å². The lowest BCUT2D eigenvalue weighted by atomic mass is 10.0. The van der Waals surface area contributed by atoms with Gasteiger partial charge in [-0.2, -0.15) is 0 Å². The summed E-state index contributed by atoms with van der Waals surface area (Å²) >= 11 is 8.43. The molecule has 0 aliphatic heterocycles. The van der Waals surface area contributed by atoms with Gasteiger partial charge in [0.05, 0.1) is 5.38 Å². The maximum absolute atomic E-state index is 6.60. The Balaban J connectivity index is 2.21. The maximum Gasteiger partial charge on any atom is 0.0717 e. The van der Waals surface area contributed by atoms with Crippen molar-refractivity contribution in [2.45, 2.75) is 40.0 Å². The van der Waals surface area contributed by atoms with E-state index in [1.165, 1.54) is 9.75 Å². The standard InChI is InChI=1S/C13H19ClS/c1-8-6-7-9(15-8)10(14)11-12(2,3)13(11,4)5/h6-7,10-11H,1-5H3. The second kappa shape index (κ2) is 3.24. The predicted molar refractivity (Wildman–Crippen MR) is 68.7 cm³/mol. The van der Waals surface area contributed by atoms with Crippen molar-refractivity contribution in [2.75, 3.05) is 0 Å². The number of thiophene rings is 1. The highest BCUT2D eigenvalue weighted by Crippen LogP contribution is 2.73. The molecule has 1 unspecified atom stereocenters. The summed E-state index contributed by atoms with van der Waals surface area (Å²) in [7, 11) is 0. The Morgan fingerprint density at radius 3 is 2.07 bits per heavy atom. The second-order valence-electron chi connectivity index (χ2n) is 5.77. The molecule has 1 aliphatic carbocycles. The summed E-state index contributed by atoms with van der Waals surface area (Å²) in [4.78, 5) is 2.68. The van der Waals surface area contributed by atoms with Crippen LogP contribution in [0.5, 0.6) is 0 Å². The van der Waals surface area contributed by atoms with E-state index < -0.39 is 0 Å². The van der Waals surface area contributed by atoms with Crippen molar-refractivity contribution >= 4 is 22.9 Å². The molecule has 0 nitrogen and oxygen atoms in total. The molecular formula is C13H19ClS. The zero-order valence-electron chi connectivity index (χ0n) is 10.1. The summed E-state index contributed by atoms with van der Waals surface area (Å²) in [6.45, 7) is 11.4. The first kappa shape index (κ1) is 11.5. The highest BCUT2D eigenvalue weighted by molar-refractivity contribution is 7.12. The Morgan fingerprint density at radius 2 is 1.73 bits per heavy atom. The summed E-state index contributed by atoms with van der Waals surface area (Å²) in [5, 5.41) is 0.189. The summed E-state index contributed by atoms with van der Waals surface area (Å²) < 4.78 is 0. The summed E-state index contributed by atoms with van der Waals surface area (Å²) in [5.41, 5.74) is 0.745. The van der Waals surface area contributed by atoms with Gasteiger partial charge in [0.25, 0.3) is 0 Å². The normalized spacial score (nSPS) is 25.2. The van der Waals surface area contributed by atoms with Gasteiger partial charge < -0.3 is 0 Å². The van der Waals surface area contributed by atoms with Crippen LogP contribution in [-0.4, -0.2) is 0 Å². The fraction of sp³-hybridized carbons (Fsp3) is 0.692. The highest BCUT2D eigenvalue weighted by atomic mass is 35.5. The number of hydrogen-bond acceptors (Lipinski definition) is 1. The van der Waals surface area contributed by atoms with Gasteiger partial charge in [-0.15, -0.1) is 22.9 Å². The van der Waals surface area contributed by atoms with E-state index in [0.717, 1.165) is 0 Å². The Bertz CT molecular complexity index is 362.